The zero-order chi connectivity index (χ0) is 23.0. The van der Waals surface area contributed by atoms with Crippen molar-refractivity contribution in [3.63, 3.8) is 0 Å². The molecule has 4 aromatic rings. The van der Waals surface area contributed by atoms with Crippen LogP contribution in [0.4, 0.5) is 11.8 Å². The number of benzene rings is 1. The number of nitrogens with zero attached hydrogens (tertiary/aromatic N) is 5. The fourth-order valence-electron chi connectivity index (χ4n) is 3.32. The van der Waals surface area contributed by atoms with Crippen LogP contribution >= 0.6 is 0 Å². The molecule has 0 saturated heterocycles. The van der Waals surface area contributed by atoms with Gasteiger partial charge in [-0.15, -0.1) is 0 Å². The monoisotopic (exact) mass is 455 g/mol. The number of aryl methyl sites for hydroxylation is 2. The van der Waals surface area contributed by atoms with E-state index in [0.717, 1.165) is 11.4 Å². The lowest BCUT2D eigenvalue weighted by molar-refractivity contribution is 0.399. The Morgan fingerprint density at radius 3 is 2.62 bits per heavy atom. The summed E-state index contributed by atoms with van der Waals surface area (Å²) < 4.78 is 34.5. The van der Waals surface area contributed by atoms with Gasteiger partial charge < -0.3 is 10.1 Å². The second-order valence-corrected chi connectivity index (χ2v) is 9.43. The van der Waals surface area contributed by atoms with Crippen LogP contribution in [0.15, 0.2) is 41.4 Å². The van der Waals surface area contributed by atoms with Crippen LogP contribution in [0.1, 0.15) is 18.3 Å². The van der Waals surface area contributed by atoms with Gasteiger partial charge in [-0.25, -0.2) is 22.7 Å². The molecule has 0 aliphatic rings. The third-order valence-electron chi connectivity index (χ3n) is 5.11. The van der Waals surface area contributed by atoms with Gasteiger partial charge in [0.15, 0.2) is 5.82 Å². The molecule has 0 aliphatic heterocycles. The quantitative estimate of drug-likeness (QED) is 0.440. The first-order valence-electron chi connectivity index (χ1n) is 10.0. The zero-order valence-corrected chi connectivity index (χ0v) is 19.4. The largest absolute Gasteiger partial charge is 0.495 e. The summed E-state index contributed by atoms with van der Waals surface area (Å²) in [6.07, 6.45) is 1.87. The molecular weight excluding hydrogens is 430 g/mol. The van der Waals surface area contributed by atoms with E-state index in [9.17, 15) is 8.42 Å². The van der Waals surface area contributed by atoms with Gasteiger partial charge in [-0.2, -0.15) is 5.10 Å². The molecular formula is C21H25N7O3S. The molecule has 32 heavy (non-hydrogen) atoms. The molecule has 0 fully saturated rings. The topological polar surface area (TPSA) is 118 Å². The number of ether oxygens (including phenoxy) is 1. The molecule has 1 aromatic carbocycles. The van der Waals surface area contributed by atoms with Crippen molar-refractivity contribution >= 4 is 27.4 Å². The SMILES string of the molecule is CCN(C)S(=O)(=O)c1cc(-c2cc3nc(C)cn3c(Nc3cc(C)[nH]n3)n2)ccc1OC. The second kappa shape index (κ2) is 8.24. The highest BCUT2D eigenvalue weighted by Crippen LogP contribution is 2.32. The number of nitrogens with one attached hydrogen (secondary N) is 2. The van der Waals surface area contributed by atoms with Crippen molar-refractivity contribution in [2.24, 2.45) is 0 Å². The predicted octanol–water partition coefficient (Wildman–Crippen LogP) is 3.13. The molecule has 2 N–H and O–H groups in total. The Morgan fingerprint density at radius 1 is 1.19 bits per heavy atom. The highest BCUT2D eigenvalue weighted by molar-refractivity contribution is 7.89. The van der Waals surface area contributed by atoms with Gasteiger partial charge in [-0.05, 0) is 32.0 Å². The smallest absolute Gasteiger partial charge is 0.246 e. The fraction of sp³-hybridized carbons (Fsp3) is 0.286. The van der Waals surface area contributed by atoms with E-state index in [1.807, 2.05) is 36.6 Å². The van der Waals surface area contributed by atoms with E-state index in [2.05, 4.69) is 20.5 Å². The van der Waals surface area contributed by atoms with E-state index in [0.29, 0.717) is 35.2 Å². The van der Waals surface area contributed by atoms with Crippen LogP contribution in [-0.4, -0.2) is 58.0 Å². The highest BCUT2D eigenvalue weighted by Gasteiger charge is 2.25. The lowest BCUT2D eigenvalue weighted by Gasteiger charge is -2.18. The van der Waals surface area contributed by atoms with Crippen molar-refractivity contribution < 1.29 is 13.2 Å². The number of hydrogen-bond acceptors (Lipinski definition) is 7. The molecule has 0 radical (unpaired) electrons. The molecule has 0 atom stereocenters. The average Bonchev–Trinajstić information content (AvgIpc) is 3.36. The molecule has 11 heteroatoms. The Bertz CT molecular complexity index is 1390. The molecule has 0 unspecified atom stereocenters. The van der Waals surface area contributed by atoms with E-state index in [1.165, 1.54) is 18.5 Å². The van der Waals surface area contributed by atoms with Crippen LogP contribution < -0.4 is 10.1 Å². The Balaban J connectivity index is 1.87. The molecule has 0 amide bonds. The number of sulfonamides is 1. The summed E-state index contributed by atoms with van der Waals surface area (Å²) in [7, 11) is -0.742. The van der Waals surface area contributed by atoms with Crippen LogP contribution in [0, 0.1) is 13.8 Å². The maximum Gasteiger partial charge on any atom is 0.246 e. The number of aromatic nitrogens is 5. The Labute approximate surface area is 186 Å². The Kier molecular flexibility index (Phi) is 5.61. The Hall–Kier alpha value is -3.44. The minimum absolute atomic E-state index is 0.0838. The van der Waals surface area contributed by atoms with E-state index in [4.69, 9.17) is 9.72 Å². The second-order valence-electron chi connectivity index (χ2n) is 7.42. The van der Waals surface area contributed by atoms with Gasteiger partial charge in [0.25, 0.3) is 0 Å². The van der Waals surface area contributed by atoms with Crippen LogP contribution in [0.25, 0.3) is 16.9 Å². The number of hydrogen-bond donors (Lipinski definition) is 2. The first-order valence-corrected chi connectivity index (χ1v) is 11.5. The zero-order valence-electron chi connectivity index (χ0n) is 18.5. The van der Waals surface area contributed by atoms with Crippen LogP contribution in [-0.2, 0) is 10.0 Å². The summed E-state index contributed by atoms with van der Waals surface area (Å²) in [4.78, 5) is 9.38. The third kappa shape index (κ3) is 3.92. The maximum atomic E-state index is 13.0. The number of rotatable bonds is 7. The summed E-state index contributed by atoms with van der Waals surface area (Å²) in [6.45, 7) is 5.92. The summed E-state index contributed by atoms with van der Waals surface area (Å²) in [5.41, 5.74) is 3.60. The normalized spacial score (nSPS) is 11.9. The van der Waals surface area contributed by atoms with Crippen molar-refractivity contribution in [3.8, 4) is 17.0 Å². The molecule has 3 aromatic heterocycles. The van der Waals surface area contributed by atoms with Crippen molar-refractivity contribution in [1.82, 2.24) is 28.9 Å². The van der Waals surface area contributed by atoms with Crippen molar-refractivity contribution in [2.45, 2.75) is 25.7 Å². The lowest BCUT2D eigenvalue weighted by atomic mass is 10.1. The molecule has 4 rings (SSSR count). The third-order valence-corrected chi connectivity index (χ3v) is 7.07. The van der Waals surface area contributed by atoms with E-state index in [-0.39, 0.29) is 10.6 Å². The van der Waals surface area contributed by atoms with E-state index < -0.39 is 10.0 Å². The van der Waals surface area contributed by atoms with Gasteiger partial charge in [-0.3, -0.25) is 9.50 Å². The van der Waals surface area contributed by atoms with Gasteiger partial charge in [0.1, 0.15) is 16.3 Å². The number of H-pyrrole nitrogens is 1. The van der Waals surface area contributed by atoms with Crippen LogP contribution in [0.2, 0.25) is 0 Å². The highest BCUT2D eigenvalue weighted by atomic mass is 32.2. The van der Waals surface area contributed by atoms with Crippen LogP contribution in [0.3, 0.4) is 0 Å². The van der Waals surface area contributed by atoms with E-state index >= 15 is 0 Å². The van der Waals surface area contributed by atoms with Crippen molar-refractivity contribution in [2.75, 3.05) is 26.0 Å². The molecule has 168 valence electrons. The van der Waals surface area contributed by atoms with Gasteiger partial charge in [0.2, 0.25) is 16.0 Å². The maximum absolute atomic E-state index is 13.0. The van der Waals surface area contributed by atoms with Gasteiger partial charge in [0, 0.05) is 43.2 Å². The van der Waals surface area contributed by atoms with Crippen molar-refractivity contribution in [3.05, 3.63) is 47.9 Å². The van der Waals surface area contributed by atoms with Gasteiger partial charge >= 0.3 is 0 Å². The Morgan fingerprint density at radius 2 is 1.97 bits per heavy atom. The molecule has 10 nitrogen and oxygen atoms in total. The summed E-state index contributed by atoms with van der Waals surface area (Å²) in [6, 6.07) is 8.68. The van der Waals surface area contributed by atoms with Gasteiger partial charge in [-0.1, -0.05) is 6.92 Å². The minimum Gasteiger partial charge on any atom is -0.495 e. The number of anilines is 2. The first-order chi connectivity index (χ1) is 15.2. The number of imidazole rings is 1. The fourth-order valence-corrected chi connectivity index (χ4v) is 4.68. The first kappa shape index (κ1) is 21.8. The molecule has 3 heterocycles. The predicted molar refractivity (Wildman–Crippen MR) is 122 cm³/mol. The molecule has 0 saturated carbocycles. The van der Waals surface area contributed by atoms with Crippen molar-refractivity contribution in [1.29, 1.82) is 0 Å². The summed E-state index contributed by atoms with van der Waals surface area (Å²) >= 11 is 0. The van der Waals surface area contributed by atoms with Crippen LogP contribution in [0.5, 0.6) is 5.75 Å². The number of methoxy groups -OCH3 is 1. The molecule has 0 bridgehead atoms. The lowest BCUT2D eigenvalue weighted by Crippen LogP contribution is -2.27. The minimum atomic E-state index is -3.73. The number of aromatic amines is 1. The molecule has 0 aliphatic carbocycles. The number of fused-ring (bicyclic) bond motifs is 1. The van der Waals surface area contributed by atoms with Gasteiger partial charge in [0.05, 0.1) is 18.5 Å². The average molecular weight is 456 g/mol. The summed E-state index contributed by atoms with van der Waals surface area (Å²) in [5, 5.41) is 10.3. The molecule has 0 spiro atoms. The summed E-state index contributed by atoms with van der Waals surface area (Å²) in [5.74, 6) is 1.40. The standard InChI is InChI=1S/C21H25N7O3S/c1-6-27(4)32(29,30)18-10-15(7-8-17(18)31-5)16-11-20-22-14(3)12-28(20)21(23-16)24-19-9-13(2)25-26-19/h7-12H,6H2,1-5H3,(H2,23,24,25,26). The van der Waals surface area contributed by atoms with E-state index in [1.54, 1.807) is 25.1 Å².